The third kappa shape index (κ3) is 4.61. The summed E-state index contributed by atoms with van der Waals surface area (Å²) in [4.78, 5) is 23.7. The Labute approximate surface area is 209 Å². The minimum absolute atomic E-state index is 0. The van der Waals surface area contributed by atoms with E-state index in [1.54, 1.807) is 12.1 Å². The molecule has 0 radical (unpaired) electrons. The number of fused-ring (bicyclic) bond motifs is 1. The molecule has 0 unspecified atom stereocenters. The number of benzene rings is 2. The van der Waals surface area contributed by atoms with Crippen LogP contribution >= 0.6 is 11.3 Å². The average molecular weight is 458 g/mol. The molecule has 1 fully saturated rings. The van der Waals surface area contributed by atoms with E-state index in [9.17, 15) is 14.3 Å². The van der Waals surface area contributed by atoms with E-state index in [0.29, 0.717) is 34.8 Å². The van der Waals surface area contributed by atoms with Crippen molar-refractivity contribution in [2.24, 2.45) is 5.41 Å². The van der Waals surface area contributed by atoms with Gasteiger partial charge in [0.15, 0.2) is 5.13 Å². The van der Waals surface area contributed by atoms with E-state index in [4.69, 9.17) is 4.74 Å². The Bertz CT molecular complexity index is 1240. The van der Waals surface area contributed by atoms with Crippen LogP contribution in [-0.2, 0) is 4.79 Å². The zero-order valence-electron chi connectivity index (χ0n) is 17.2. The second-order valence-corrected chi connectivity index (χ2v) is 8.45. The van der Waals surface area contributed by atoms with Gasteiger partial charge in [0.1, 0.15) is 12.4 Å². The van der Waals surface area contributed by atoms with Crippen LogP contribution in [0.4, 0.5) is 15.2 Å². The van der Waals surface area contributed by atoms with Crippen molar-refractivity contribution in [2.75, 3.05) is 11.9 Å². The number of para-hydroxylation sites is 1. The Kier molecular flexibility index (Phi) is 6.43. The minimum atomic E-state index is -1.11. The van der Waals surface area contributed by atoms with Gasteiger partial charge in [-0.25, -0.2) is 19.3 Å². The maximum Gasteiger partial charge on any atom is 1.00 e. The fourth-order valence-corrected chi connectivity index (χ4v) is 4.02. The van der Waals surface area contributed by atoms with Gasteiger partial charge in [-0.2, -0.15) is 0 Å². The number of aliphatic carboxylic acids is 1. The first kappa shape index (κ1) is 22.6. The number of carbonyl (C=O) groups is 1. The summed E-state index contributed by atoms with van der Waals surface area (Å²) in [5, 5.41) is 14.7. The SMILES string of the molecule is O=C([O-])C1(COc2ncc(-c3ccc(Nc4nc5ccccc5s4)c(F)c3)cn2)CC1.[Na+]. The average Bonchev–Trinajstić information content (AvgIpc) is 3.47. The van der Waals surface area contributed by atoms with Crippen molar-refractivity contribution in [1.82, 2.24) is 15.0 Å². The maximum absolute atomic E-state index is 14.7. The standard InChI is InChI=1S/C22H17FN4O3S.Na/c23-15-9-13(5-6-16(15)26-21-27-17-3-1-2-4-18(17)31-21)14-10-24-20(25-11-14)30-12-22(7-8-22)19(28)29;/h1-6,9-11H,7-8,12H2,(H,26,27)(H,28,29);/q;+1/p-1. The summed E-state index contributed by atoms with van der Waals surface area (Å²) in [6.07, 6.45) is 4.08. The number of carboxylic acids is 1. The number of carboxylic acid groups (broad SMARTS) is 1. The van der Waals surface area contributed by atoms with Gasteiger partial charge >= 0.3 is 35.6 Å². The summed E-state index contributed by atoms with van der Waals surface area (Å²) < 4.78 is 21.1. The molecule has 156 valence electrons. The topological polar surface area (TPSA) is 100 Å². The molecule has 0 amide bonds. The normalized spacial score (nSPS) is 13.9. The molecule has 1 saturated carbocycles. The van der Waals surface area contributed by atoms with Crippen molar-refractivity contribution < 1.29 is 48.6 Å². The van der Waals surface area contributed by atoms with Gasteiger partial charge in [-0.15, -0.1) is 0 Å². The molecule has 0 saturated heterocycles. The molecule has 1 aliphatic rings. The van der Waals surface area contributed by atoms with Crippen molar-refractivity contribution in [3.8, 4) is 17.1 Å². The number of ether oxygens (including phenoxy) is 1. The molecule has 0 aliphatic heterocycles. The molecule has 4 aromatic rings. The van der Waals surface area contributed by atoms with Gasteiger partial charge in [0, 0.05) is 23.4 Å². The molecule has 10 heteroatoms. The smallest absolute Gasteiger partial charge is 0.549 e. The summed E-state index contributed by atoms with van der Waals surface area (Å²) in [6, 6.07) is 12.6. The number of halogens is 1. The largest absolute Gasteiger partial charge is 1.00 e. The molecular weight excluding hydrogens is 442 g/mol. The molecule has 32 heavy (non-hydrogen) atoms. The zero-order valence-corrected chi connectivity index (χ0v) is 20.0. The van der Waals surface area contributed by atoms with Crippen LogP contribution in [0.15, 0.2) is 54.9 Å². The van der Waals surface area contributed by atoms with Gasteiger partial charge in [-0.05, 0) is 42.7 Å². The van der Waals surface area contributed by atoms with E-state index in [1.807, 2.05) is 24.3 Å². The van der Waals surface area contributed by atoms with Crippen LogP contribution in [0.2, 0.25) is 0 Å². The van der Waals surface area contributed by atoms with Crippen molar-refractivity contribution in [1.29, 1.82) is 0 Å². The first-order valence-corrected chi connectivity index (χ1v) is 10.4. The van der Waals surface area contributed by atoms with Crippen LogP contribution < -0.4 is 44.7 Å². The quantitative estimate of drug-likeness (QED) is 0.404. The van der Waals surface area contributed by atoms with Crippen molar-refractivity contribution >= 4 is 38.3 Å². The van der Waals surface area contributed by atoms with E-state index in [0.717, 1.165) is 10.2 Å². The van der Waals surface area contributed by atoms with Gasteiger partial charge in [0.05, 0.1) is 21.9 Å². The zero-order chi connectivity index (χ0) is 21.4. The Morgan fingerprint density at radius 2 is 1.91 bits per heavy atom. The summed E-state index contributed by atoms with van der Waals surface area (Å²) in [5.74, 6) is -1.54. The number of aromatic nitrogens is 3. The Morgan fingerprint density at radius 3 is 2.56 bits per heavy atom. The molecule has 0 bridgehead atoms. The number of nitrogens with one attached hydrogen (secondary N) is 1. The molecule has 1 aliphatic carbocycles. The number of anilines is 2. The number of carbonyl (C=O) groups excluding carboxylic acids is 1. The fourth-order valence-electron chi connectivity index (χ4n) is 3.14. The first-order valence-electron chi connectivity index (χ1n) is 9.61. The van der Waals surface area contributed by atoms with E-state index < -0.39 is 17.2 Å². The monoisotopic (exact) mass is 458 g/mol. The second kappa shape index (κ2) is 9.11. The van der Waals surface area contributed by atoms with E-state index >= 15 is 0 Å². The predicted octanol–water partition coefficient (Wildman–Crippen LogP) is 0.549. The Balaban J connectivity index is 0.00000245. The number of rotatable bonds is 7. The molecule has 0 atom stereocenters. The number of hydrogen-bond donors (Lipinski definition) is 1. The number of thiazole rings is 1. The van der Waals surface area contributed by atoms with Gasteiger partial charge < -0.3 is 20.0 Å². The first-order chi connectivity index (χ1) is 15.0. The summed E-state index contributed by atoms with van der Waals surface area (Å²) in [7, 11) is 0. The predicted molar refractivity (Wildman–Crippen MR) is 112 cm³/mol. The molecule has 2 aromatic heterocycles. The summed E-state index contributed by atoms with van der Waals surface area (Å²) >= 11 is 1.45. The van der Waals surface area contributed by atoms with Crippen molar-refractivity contribution in [2.45, 2.75) is 12.8 Å². The Morgan fingerprint density at radius 1 is 1.16 bits per heavy atom. The van der Waals surface area contributed by atoms with Crippen LogP contribution in [0.3, 0.4) is 0 Å². The molecule has 7 nitrogen and oxygen atoms in total. The molecule has 2 heterocycles. The van der Waals surface area contributed by atoms with Gasteiger partial charge in [0.2, 0.25) is 0 Å². The van der Waals surface area contributed by atoms with Crippen LogP contribution in [0.5, 0.6) is 6.01 Å². The maximum atomic E-state index is 14.7. The molecular formula is C22H16FN4NaO3S. The van der Waals surface area contributed by atoms with Crippen LogP contribution in [0, 0.1) is 11.2 Å². The van der Waals surface area contributed by atoms with Crippen molar-refractivity contribution in [3.63, 3.8) is 0 Å². The third-order valence-electron chi connectivity index (χ3n) is 5.23. The second-order valence-electron chi connectivity index (χ2n) is 7.42. The van der Waals surface area contributed by atoms with Gasteiger partial charge in [-0.1, -0.05) is 29.5 Å². The van der Waals surface area contributed by atoms with Gasteiger partial charge in [0.25, 0.3) is 0 Å². The minimum Gasteiger partial charge on any atom is -0.549 e. The van der Waals surface area contributed by atoms with E-state index in [1.165, 1.54) is 29.8 Å². The van der Waals surface area contributed by atoms with Gasteiger partial charge in [-0.3, -0.25) is 0 Å². The molecule has 0 spiro atoms. The van der Waals surface area contributed by atoms with Crippen molar-refractivity contribution in [3.05, 3.63) is 60.7 Å². The molecule has 5 rings (SSSR count). The van der Waals surface area contributed by atoms with Crippen LogP contribution in [-0.4, -0.2) is 27.5 Å². The number of nitrogens with zero attached hydrogens (tertiary/aromatic N) is 3. The molecule has 2 aromatic carbocycles. The summed E-state index contributed by atoms with van der Waals surface area (Å²) in [5.41, 5.74) is 1.47. The van der Waals surface area contributed by atoms with E-state index in [2.05, 4.69) is 20.3 Å². The number of hydrogen-bond acceptors (Lipinski definition) is 8. The Hall–Kier alpha value is -2.59. The third-order valence-corrected chi connectivity index (χ3v) is 6.18. The van der Waals surface area contributed by atoms with E-state index in [-0.39, 0.29) is 42.2 Å². The summed E-state index contributed by atoms with van der Waals surface area (Å²) in [6.45, 7) is -0.0184. The van der Waals surface area contributed by atoms with Crippen LogP contribution in [0.1, 0.15) is 12.8 Å². The fraction of sp³-hybridized carbons (Fsp3) is 0.182. The van der Waals surface area contributed by atoms with Crippen LogP contribution in [0.25, 0.3) is 21.3 Å². The molecule has 1 N–H and O–H groups in total.